The lowest BCUT2D eigenvalue weighted by molar-refractivity contribution is -0.151. The van der Waals surface area contributed by atoms with Crippen LogP contribution in [-0.2, 0) is 34.5 Å². The largest absolute Gasteiger partial charge is 0.497 e. The number of hydrogen-bond donors (Lipinski definition) is 0. The van der Waals surface area contributed by atoms with E-state index in [1.165, 1.54) is 11.8 Å². The molecule has 0 N–H and O–H groups in total. The van der Waals surface area contributed by atoms with E-state index in [1.807, 2.05) is 58.3 Å². The van der Waals surface area contributed by atoms with Crippen molar-refractivity contribution in [2.45, 2.75) is 39.9 Å². The van der Waals surface area contributed by atoms with Gasteiger partial charge in [-0.25, -0.2) is 9.67 Å². The van der Waals surface area contributed by atoms with Crippen LogP contribution in [0.5, 0.6) is 5.75 Å². The van der Waals surface area contributed by atoms with Gasteiger partial charge in [-0.3, -0.25) is 4.79 Å². The highest BCUT2D eigenvalue weighted by atomic mass is 32.1. The first kappa shape index (κ1) is 26.8. The Morgan fingerprint density at radius 1 is 1.10 bits per heavy atom. The molecule has 0 saturated carbocycles. The smallest absolute Gasteiger partial charge is 0.312 e. The van der Waals surface area contributed by atoms with Gasteiger partial charge in [0.2, 0.25) is 0 Å². The first-order valence-electron chi connectivity index (χ1n) is 12.7. The van der Waals surface area contributed by atoms with Crippen molar-refractivity contribution in [2.75, 3.05) is 14.2 Å². The minimum Gasteiger partial charge on any atom is -0.497 e. The molecular formula is C30H32N4O4S. The summed E-state index contributed by atoms with van der Waals surface area (Å²) in [6.45, 7) is 6.76. The van der Waals surface area contributed by atoms with Gasteiger partial charge in [-0.1, -0.05) is 23.4 Å². The van der Waals surface area contributed by atoms with Gasteiger partial charge in [0.25, 0.3) is 0 Å². The molecule has 1 unspecified atom stereocenters. The van der Waals surface area contributed by atoms with Crippen LogP contribution in [0.4, 0.5) is 0 Å². The van der Waals surface area contributed by atoms with Gasteiger partial charge in [0.15, 0.2) is 5.65 Å². The number of carbonyl (C=O) groups is 1. The molecule has 0 fully saturated rings. The quantitative estimate of drug-likeness (QED) is 0.212. The van der Waals surface area contributed by atoms with Crippen molar-refractivity contribution in [1.29, 1.82) is 0 Å². The first-order valence-corrected chi connectivity index (χ1v) is 13.6. The van der Waals surface area contributed by atoms with Gasteiger partial charge in [-0.15, -0.1) is 16.4 Å². The summed E-state index contributed by atoms with van der Waals surface area (Å²) in [4.78, 5) is 17.8. The molecular weight excluding hydrogens is 512 g/mol. The predicted octanol–water partition coefficient (Wildman–Crippen LogP) is 5.94. The van der Waals surface area contributed by atoms with E-state index in [4.69, 9.17) is 14.2 Å². The van der Waals surface area contributed by atoms with Crippen LogP contribution in [0.15, 0.2) is 54.0 Å². The second kappa shape index (κ2) is 10.7. The molecule has 0 radical (unpaired) electrons. The molecule has 0 aliphatic carbocycles. The third-order valence-corrected chi connectivity index (χ3v) is 8.33. The molecule has 0 bridgehead atoms. The van der Waals surface area contributed by atoms with Crippen LogP contribution in [-0.4, -0.2) is 40.2 Å². The number of benzene rings is 2. The first-order chi connectivity index (χ1) is 18.7. The van der Waals surface area contributed by atoms with Gasteiger partial charge >= 0.3 is 5.97 Å². The van der Waals surface area contributed by atoms with Crippen molar-refractivity contribution in [1.82, 2.24) is 20.0 Å². The summed E-state index contributed by atoms with van der Waals surface area (Å²) in [6, 6.07) is 14.3. The molecule has 3 aromatic heterocycles. The molecule has 0 aliphatic heterocycles. The maximum Gasteiger partial charge on any atom is 0.312 e. The minimum absolute atomic E-state index is 0.297. The standard InChI is InChI=1S/C30H32N4O4S/c1-18-24(15-31-28-26(18)32-33-34(28)4)25(30(2,3)29(35)37-6)21-13-20-11-12-39-27(20)22(14-21)17-38-16-19-7-9-23(36-5)10-8-19/h7-15,25H,16-17H2,1-6H3. The number of methoxy groups -OCH3 is 2. The Kier molecular flexibility index (Phi) is 7.38. The lowest BCUT2D eigenvalue weighted by Gasteiger charge is -2.33. The van der Waals surface area contributed by atoms with Crippen LogP contribution < -0.4 is 4.74 Å². The van der Waals surface area contributed by atoms with Crippen LogP contribution in [0.1, 0.15) is 47.6 Å². The van der Waals surface area contributed by atoms with Crippen molar-refractivity contribution in [3.63, 3.8) is 0 Å². The van der Waals surface area contributed by atoms with Crippen molar-refractivity contribution in [3.05, 3.63) is 81.9 Å². The number of esters is 1. The molecule has 202 valence electrons. The summed E-state index contributed by atoms with van der Waals surface area (Å²) in [5.74, 6) is 0.179. The molecule has 8 nitrogen and oxygen atoms in total. The zero-order valence-corrected chi connectivity index (χ0v) is 23.8. The molecule has 9 heteroatoms. The molecule has 2 aromatic carbocycles. The van der Waals surface area contributed by atoms with E-state index < -0.39 is 5.41 Å². The predicted molar refractivity (Wildman–Crippen MR) is 152 cm³/mol. The fourth-order valence-corrected chi connectivity index (χ4v) is 6.10. The lowest BCUT2D eigenvalue weighted by Crippen LogP contribution is -2.34. The van der Waals surface area contributed by atoms with Crippen molar-refractivity contribution >= 4 is 38.6 Å². The average molecular weight is 545 g/mol. The molecule has 1 atom stereocenters. The zero-order valence-electron chi connectivity index (χ0n) is 23.0. The normalized spacial score (nSPS) is 12.7. The second-order valence-corrected chi connectivity index (χ2v) is 11.1. The van der Waals surface area contributed by atoms with E-state index in [1.54, 1.807) is 23.1 Å². The topological polar surface area (TPSA) is 88.4 Å². The summed E-state index contributed by atoms with van der Waals surface area (Å²) in [5, 5.41) is 11.7. The van der Waals surface area contributed by atoms with Gasteiger partial charge < -0.3 is 14.2 Å². The number of ether oxygens (including phenoxy) is 3. The molecule has 0 saturated heterocycles. The highest BCUT2D eigenvalue weighted by Gasteiger charge is 2.41. The summed E-state index contributed by atoms with van der Waals surface area (Å²) in [6.07, 6.45) is 1.84. The molecule has 0 spiro atoms. The number of carbonyl (C=O) groups excluding carboxylic acids is 1. The maximum atomic E-state index is 13.2. The SMILES string of the molecule is COC(=O)C(C)(C)C(c1cc(COCc2ccc(OC)cc2)c2sccc2c1)c1cnc2c(nnn2C)c1C. The van der Waals surface area contributed by atoms with Gasteiger partial charge in [-0.2, -0.15) is 0 Å². The summed E-state index contributed by atoms with van der Waals surface area (Å²) < 4.78 is 19.5. The number of nitrogens with zero attached hydrogens (tertiary/aromatic N) is 4. The van der Waals surface area contributed by atoms with Crippen LogP contribution in [0.25, 0.3) is 21.3 Å². The van der Waals surface area contributed by atoms with Crippen molar-refractivity contribution < 1.29 is 19.0 Å². The molecule has 0 aliphatic rings. The van der Waals surface area contributed by atoms with E-state index in [9.17, 15) is 4.79 Å². The van der Waals surface area contributed by atoms with Crippen LogP contribution >= 0.6 is 11.3 Å². The maximum absolute atomic E-state index is 13.2. The third-order valence-electron chi connectivity index (χ3n) is 7.32. The van der Waals surface area contributed by atoms with Crippen molar-refractivity contribution in [2.24, 2.45) is 12.5 Å². The molecule has 5 aromatic rings. The number of thiophene rings is 1. The zero-order chi connectivity index (χ0) is 27.7. The van der Waals surface area contributed by atoms with E-state index in [0.717, 1.165) is 44.5 Å². The van der Waals surface area contributed by atoms with Gasteiger partial charge in [0.1, 0.15) is 11.3 Å². The number of pyridine rings is 1. The molecule has 3 heterocycles. The fraction of sp³-hybridized carbons (Fsp3) is 0.333. The van der Waals surface area contributed by atoms with E-state index >= 15 is 0 Å². The third kappa shape index (κ3) is 4.99. The Morgan fingerprint density at radius 2 is 1.87 bits per heavy atom. The lowest BCUT2D eigenvalue weighted by atomic mass is 9.70. The molecule has 39 heavy (non-hydrogen) atoms. The monoisotopic (exact) mass is 544 g/mol. The number of aryl methyl sites for hydroxylation is 2. The summed E-state index contributed by atoms with van der Waals surface area (Å²) >= 11 is 1.69. The molecule has 5 rings (SSSR count). The second-order valence-electron chi connectivity index (χ2n) is 10.2. The van der Waals surface area contributed by atoms with E-state index in [2.05, 4.69) is 38.9 Å². The number of aromatic nitrogens is 4. The Morgan fingerprint density at radius 3 is 2.59 bits per heavy atom. The van der Waals surface area contributed by atoms with Crippen molar-refractivity contribution in [3.8, 4) is 5.75 Å². The number of rotatable bonds is 9. The highest BCUT2D eigenvalue weighted by Crippen LogP contribution is 2.45. The minimum atomic E-state index is -0.887. The van der Waals surface area contributed by atoms with Crippen LogP contribution in [0, 0.1) is 12.3 Å². The Hall–Kier alpha value is -3.82. The van der Waals surface area contributed by atoms with Gasteiger partial charge in [0.05, 0.1) is 32.8 Å². The number of fused-ring (bicyclic) bond motifs is 2. The fourth-order valence-electron chi connectivity index (χ4n) is 5.22. The van der Waals surface area contributed by atoms with Crippen LogP contribution in [0.3, 0.4) is 0 Å². The Balaban J connectivity index is 1.57. The Labute approximate surface area is 231 Å². The summed E-state index contributed by atoms with van der Waals surface area (Å²) in [5.41, 5.74) is 5.53. The average Bonchev–Trinajstić information content (AvgIpc) is 3.57. The van der Waals surface area contributed by atoms with Crippen LogP contribution in [0.2, 0.25) is 0 Å². The van der Waals surface area contributed by atoms with Gasteiger partial charge in [-0.05, 0) is 83.6 Å². The number of hydrogen-bond acceptors (Lipinski definition) is 8. The Bertz CT molecular complexity index is 1640. The highest BCUT2D eigenvalue weighted by molar-refractivity contribution is 7.17. The van der Waals surface area contributed by atoms with E-state index in [0.29, 0.717) is 18.9 Å². The van der Waals surface area contributed by atoms with Gasteiger partial charge in [0, 0.05) is 23.9 Å². The van der Waals surface area contributed by atoms with E-state index in [-0.39, 0.29) is 11.9 Å². The molecule has 0 amide bonds. The summed E-state index contributed by atoms with van der Waals surface area (Å²) in [7, 11) is 4.90.